The lowest BCUT2D eigenvalue weighted by Crippen LogP contribution is -2.65. The molecule has 2 amide bonds. The molecule has 1 N–H and O–H groups in total. The predicted molar refractivity (Wildman–Crippen MR) is 131 cm³/mol. The first-order valence-corrected chi connectivity index (χ1v) is 12.6. The minimum absolute atomic E-state index is 0.0543. The van der Waals surface area contributed by atoms with Crippen molar-refractivity contribution in [3.63, 3.8) is 0 Å². The highest BCUT2D eigenvalue weighted by Crippen LogP contribution is 2.38. The molecule has 32 heavy (non-hydrogen) atoms. The first-order chi connectivity index (χ1) is 15.4. The first-order valence-electron chi connectivity index (χ1n) is 11.7. The van der Waals surface area contributed by atoms with Crippen LogP contribution in [-0.2, 0) is 11.3 Å². The van der Waals surface area contributed by atoms with Crippen molar-refractivity contribution in [3.8, 4) is 0 Å². The zero-order valence-corrected chi connectivity index (χ0v) is 19.9. The van der Waals surface area contributed by atoms with Gasteiger partial charge in [0.1, 0.15) is 11.2 Å². The Labute approximate surface area is 193 Å². The summed E-state index contributed by atoms with van der Waals surface area (Å²) in [7, 11) is 0. The number of amides is 2. The highest BCUT2D eigenvalue weighted by atomic mass is 32.1. The molecule has 0 unspecified atom stereocenters. The number of nitrogens with one attached hydrogen (secondary N) is 1. The van der Waals surface area contributed by atoms with Crippen molar-refractivity contribution in [2.45, 2.75) is 77.4 Å². The number of rotatable bonds is 3. The first kappa shape index (κ1) is 21.3. The van der Waals surface area contributed by atoms with E-state index < -0.39 is 5.54 Å². The van der Waals surface area contributed by atoms with Gasteiger partial charge in [-0.15, -0.1) is 11.3 Å². The molecule has 1 saturated carbocycles. The average molecular weight is 450 g/mol. The van der Waals surface area contributed by atoms with Crippen LogP contribution in [0.3, 0.4) is 0 Å². The normalized spacial score (nSPS) is 22.1. The van der Waals surface area contributed by atoms with Crippen molar-refractivity contribution in [2.75, 3.05) is 4.90 Å². The van der Waals surface area contributed by atoms with E-state index in [4.69, 9.17) is 0 Å². The summed E-state index contributed by atoms with van der Waals surface area (Å²) in [6, 6.07) is 10.3. The number of fused-ring (bicyclic) bond motifs is 3. The number of aromatic nitrogens is 1. The van der Waals surface area contributed by atoms with E-state index in [0.29, 0.717) is 12.2 Å². The number of carbonyl (C=O) groups is 2. The number of carbonyl (C=O) groups excluding carboxylic acids is 2. The molecule has 6 heteroatoms. The van der Waals surface area contributed by atoms with Gasteiger partial charge in [-0.2, -0.15) is 0 Å². The monoisotopic (exact) mass is 449 g/mol. The Kier molecular flexibility index (Phi) is 5.36. The van der Waals surface area contributed by atoms with E-state index in [-0.39, 0.29) is 17.9 Å². The highest BCUT2D eigenvalue weighted by Gasteiger charge is 2.49. The van der Waals surface area contributed by atoms with Crippen LogP contribution in [0.5, 0.6) is 0 Å². The van der Waals surface area contributed by atoms with Crippen molar-refractivity contribution in [3.05, 3.63) is 52.5 Å². The molecule has 0 radical (unpaired) electrons. The highest BCUT2D eigenvalue weighted by molar-refractivity contribution is 7.17. The van der Waals surface area contributed by atoms with Crippen molar-refractivity contribution in [1.29, 1.82) is 0 Å². The maximum Gasteiger partial charge on any atom is 0.275 e. The fourth-order valence-electron chi connectivity index (χ4n) is 5.32. The Balaban J connectivity index is 1.61. The number of hydrogen-bond donors (Lipinski definition) is 1. The molecule has 0 bridgehead atoms. The summed E-state index contributed by atoms with van der Waals surface area (Å²) in [5.41, 5.74) is 3.58. The summed E-state index contributed by atoms with van der Waals surface area (Å²) >= 11 is 1.63. The second-order valence-corrected chi connectivity index (χ2v) is 10.6. The third-order valence-corrected chi connectivity index (χ3v) is 8.04. The zero-order valence-electron chi connectivity index (χ0n) is 19.1. The van der Waals surface area contributed by atoms with E-state index in [1.807, 2.05) is 55.0 Å². The van der Waals surface area contributed by atoms with E-state index in [1.165, 1.54) is 12.8 Å². The van der Waals surface area contributed by atoms with Gasteiger partial charge < -0.3 is 9.88 Å². The molecule has 1 aliphatic heterocycles. The molecule has 1 aliphatic carbocycles. The van der Waals surface area contributed by atoms with E-state index in [0.717, 1.165) is 52.7 Å². The minimum atomic E-state index is -1.01. The van der Waals surface area contributed by atoms with Crippen LogP contribution in [0.2, 0.25) is 0 Å². The van der Waals surface area contributed by atoms with Crippen LogP contribution >= 0.6 is 11.3 Å². The molecule has 5 rings (SSSR count). The van der Waals surface area contributed by atoms with Crippen molar-refractivity contribution in [1.82, 2.24) is 9.88 Å². The van der Waals surface area contributed by atoms with Crippen LogP contribution in [0.1, 0.15) is 67.1 Å². The summed E-state index contributed by atoms with van der Waals surface area (Å²) in [6.45, 7) is 6.41. The number of thiophene rings is 1. The molecule has 1 fully saturated rings. The number of nitrogens with zero attached hydrogens (tertiary/aromatic N) is 2. The van der Waals surface area contributed by atoms with Gasteiger partial charge in [0.15, 0.2) is 0 Å². The standard InChI is InChI=1S/C26H31N3O2S/c1-17-10-11-18(2)21(14-17)29-24(30)22-15-23-20(12-13-32-23)28(22)16-26(29,3)25(31)27-19-8-6-4-5-7-9-19/h10-15,19H,4-9,16H2,1-3H3,(H,27,31)/t26-/m1/s1. The molecular formula is C26H31N3O2S. The largest absolute Gasteiger partial charge is 0.351 e. The maximum absolute atomic E-state index is 13.9. The van der Waals surface area contributed by atoms with Gasteiger partial charge in [0.05, 0.1) is 16.8 Å². The summed E-state index contributed by atoms with van der Waals surface area (Å²) in [5.74, 6) is -0.159. The quantitative estimate of drug-likeness (QED) is 0.531. The third kappa shape index (κ3) is 3.45. The van der Waals surface area contributed by atoms with Crippen LogP contribution in [0.15, 0.2) is 35.7 Å². The van der Waals surface area contributed by atoms with E-state index in [2.05, 4.69) is 11.4 Å². The van der Waals surface area contributed by atoms with Gasteiger partial charge in [-0.3, -0.25) is 14.5 Å². The maximum atomic E-state index is 13.9. The van der Waals surface area contributed by atoms with Crippen molar-refractivity contribution >= 4 is 39.1 Å². The average Bonchev–Trinajstić information content (AvgIpc) is 3.25. The number of aryl methyl sites for hydroxylation is 2. The van der Waals surface area contributed by atoms with Gasteiger partial charge in [-0.25, -0.2) is 0 Å². The molecule has 3 aromatic rings. The molecule has 1 aromatic carbocycles. The third-order valence-electron chi connectivity index (χ3n) is 7.19. The second-order valence-electron chi connectivity index (χ2n) is 9.65. The van der Waals surface area contributed by atoms with Crippen LogP contribution in [0.4, 0.5) is 5.69 Å². The Hall–Kier alpha value is -2.60. The molecule has 0 saturated heterocycles. The SMILES string of the molecule is Cc1ccc(C)c(N2C(=O)c3cc4sccc4n3C[C@]2(C)C(=O)NC2CCCCCC2)c1. The second kappa shape index (κ2) is 8.07. The van der Waals surface area contributed by atoms with Crippen LogP contribution in [0.25, 0.3) is 10.2 Å². The van der Waals surface area contributed by atoms with Crippen molar-refractivity contribution in [2.24, 2.45) is 0 Å². The lowest BCUT2D eigenvalue weighted by atomic mass is 9.91. The van der Waals surface area contributed by atoms with Gasteiger partial charge in [-0.1, -0.05) is 37.8 Å². The lowest BCUT2D eigenvalue weighted by Gasteiger charge is -2.45. The molecule has 5 nitrogen and oxygen atoms in total. The Morgan fingerprint density at radius 1 is 1.09 bits per heavy atom. The minimum Gasteiger partial charge on any atom is -0.351 e. The summed E-state index contributed by atoms with van der Waals surface area (Å²) in [6.07, 6.45) is 6.81. The molecular weight excluding hydrogens is 418 g/mol. The number of anilines is 1. The Bertz CT molecular complexity index is 1190. The van der Waals surface area contributed by atoms with Gasteiger partial charge in [0.25, 0.3) is 5.91 Å². The summed E-state index contributed by atoms with van der Waals surface area (Å²) in [4.78, 5) is 29.6. The van der Waals surface area contributed by atoms with E-state index >= 15 is 0 Å². The number of hydrogen-bond acceptors (Lipinski definition) is 3. The van der Waals surface area contributed by atoms with Crippen LogP contribution in [-0.4, -0.2) is 28.0 Å². The van der Waals surface area contributed by atoms with E-state index in [1.54, 1.807) is 16.2 Å². The molecule has 168 valence electrons. The molecule has 1 atom stereocenters. The van der Waals surface area contributed by atoms with Crippen LogP contribution < -0.4 is 10.2 Å². The van der Waals surface area contributed by atoms with Gasteiger partial charge >= 0.3 is 0 Å². The molecule has 2 aromatic heterocycles. The van der Waals surface area contributed by atoms with Gasteiger partial charge in [0.2, 0.25) is 5.91 Å². The smallest absolute Gasteiger partial charge is 0.275 e. The van der Waals surface area contributed by atoms with Crippen LogP contribution in [0, 0.1) is 13.8 Å². The summed E-state index contributed by atoms with van der Waals surface area (Å²) < 4.78 is 3.13. The summed E-state index contributed by atoms with van der Waals surface area (Å²) in [5, 5.41) is 5.39. The molecule has 2 aliphatic rings. The molecule has 3 heterocycles. The number of benzene rings is 1. The van der Waals surface area contributed by atoms with E-state index in [9.17, 15) is 9.59 Å². The van der Waals surface area contributed by atoms with Gasteiger partial charge in [-0.05, 0) is 68.3 Å². The van der Waals surface area contributed by atoms with Crippen molar-refractivity contribution < 1.29 is 9.59 Å². The lowest BCUT2D eigenvalue weighted by molar-refractivity contribution is -0.127. The topological polar surface area (TPSA) is 54.3 Å². The Morgan fingerprint density at radius 3 is 2.59 bits per heavy atom. The Morgan fingerprint density at radius 2 is 1.84 bits per heavy atom. The zero-order chi connectivity index (χ0) is 22.5. The fraction of sp³-hybridized carbons (Fsp3) is 0.462. The fourth-order valence-corrected chi connectivity index (χ4v) is 6.14. The predicted octanol–water partition coefficient (Wildman–Crippen LogP) is 5.58. The van der Waals surface area contributed by atoms with Gasteiger partial charge in [0, 0.05) is 11.7 Å². The molecule has 0 spiro atoms.